The molecule has 0 radical (unpaired) electrons. The van der Waals surface area contributed by atoms with Crippen LogP contribution in [-0.4, -0.2) is 13.9 Å². The summed E-state index contributed by atoms with van der Waals surface area (Å²) in [6, 6.07) is 24.8. The maximum absolute atomic E-state index is 10.1. The van der Waals surface area contributed by atoms with E-state index in [1.807, 2.05) is 60.7 Å². The van der Waals surface area contributed by atoms with Gasteiger partial charge < -0.3 is 18.4 Å². The SMILES string of the molecule is Oc1ccccc1O[Si]1(Cc2ccccc2)Oc2ccccc2O1. The number of hydrogen-bond donors (Lipinski definition) is 1. The second-order valence-corrected chi connectivity index (χ2v) is 7.90. The van der Waals surface area contributed by atoms with Crippen LogP contribution in [0.25, 0.3) is 0 Å². The highest BCUT2D eigenvalue weighted by molar-refractivity contribution is 6.63. The normalized spacial score (nSPS) is 14.3. The molecule has 3 aromatic carbocycles. The van der Waals surface area contributed by atoms with E-state index in [-0.39, 0.29) is 5.75 Å². The highest BCUT2D eigenvalue weighted by atomic mass is 28.4. The second kappa shape index (κ2) is 5.94. The summed E-state index contributed by atoms with van der Waals surface area (Å²) < 4.78 is 18.4. The van der Waals surface area contributed by atoms with Gasteiger partial charge in [0.05, 0.1) is 6.04 Å². The Morgan fingerprint density at radius 3 is 2.00 bits per heavy atom. The van der Waals surface area contributed by atoms with E-state index in [0.717, 1.165) is 5.56 Å². The first-order valence-corrected chi connectivity index (χ1v) is 9.65. The lowest BCUT2D eigenvalue weighted by atomic mass is 10.2. The minimum absolute atomic E-state index is 0.0700. The standard InChI is InChI=1S/C19H16O4Si/c20-16-10-4-5-11-17(16)21-24(14-15-8-2-1-3-9-15)22-18-12-6-7-13-19(18)23-24/h1-13,20H,14H2. The number of rotatable bonds is 4. The number of hydrogen-bond acceptors (Lipinski definition) is 4. The molecule has 0 aromatic heterocycles. The molecule has 0 atom stereocenters. The zero-order valence-electron chi connectivity index (χ0n) is 12.9. The fraction of sp³-hybridized carbons (Fsp3) is 0.0526. The Hall–Kier alpha value is -2.92. The molecule has 0 fully saturated rings. The molecular formula is C19H16O4Si. The third-order valence-electron chi connectivity index (χ3n) is 3.77. The molecule has 3 aromatic rings. The maximum Gasteiger partial charge on any atom is 0.704 e. The van der Waals surface area contributed by atoms with Crippen molar-refractivity contribution in [1.29, 1.82) is 0 Å². The van der Waals surface area contributed by atoms with Crippen molar-refractivity contribution in [2.75, 3.05) is 0 Å². The van der Waals surface area contributed by atoms with E-state index >= 15 is 0 Å². The van der Waals surface area contributed by atoms with Crippen LogP contribution >= 0.6 is 0 Å². The predicted molar refractivity (Wildman–Crippen MR) is 92.3 cm³/mol. The van der Waals surface area contributed by atoms with E-state index in [0.29, 0.717) is 23.3 Å². The zero-order chi connectivity index (χ0) is 16.4. The van der Waals surface area contributed by atoms with Gasteiger partial charge in [-0.2, -0.15) is 0 Å². The van der Waals surface area contributed by atoms with Crippen LogP contribution in [0.4, 0.5) is 0 Å². The Morgan fingerprint density at radius 1 is 0.750 bits per heavy atom. The highest BCUT2D eigenvalue weighted by Gasteiger charge is 2.54. The van der Waals surface area contributed by atoms with Gasteiger partial charge in [-0.3, -0.25) is 0 Å². The molecule has 0 unspecified atom stereocenters. The predicted octanol–water partition coefficient (Wildman–Crippen LogP) is 3.96. The molecule has 4 nitrogen and oxygen atoms in total. The molecule has 0 spiro atoms. The lowest BCUT2D eigenvalue weighted by Crippen LogP contribution is -2.54. The van der Waals surface area contributed by atoms with Crippen molar-refractivity contribution in [2.24, 2.45) is 0 Å². The molecule has 0 amide bonds. The van der Waals surface area contributed by atoms with E-state index in [1.165, 1.54) is 0 Å². The van der Waals surface area contributed by atoms with Gasteiger partial charge in [-0.05, 0) is 29.8 Å². The monoisotopic (exact) mass is 336 g/mol. The third-order valence-corrected chi connectivity index (χ3v) is 6.21. The molecule has 0 aliphatic carbocycles. The van der Waals surface area contributed by atoms with Crippen molar-refractivity contribution >= 4 is 8.80 Å². The molecule has 1 N–H and O–H groups in total. The van der Waals surface area contributed by atoms with Crippen molar-refractivity contribution in [3.63, 3.8) is 0 Å². The highest BCUT2D eigenvalue weighted by Crippen LogP contribution is 2.40. The van der Waals surface area contributed by atoms with Crippen LogP contribution in [0.5, 0.6) is 23.0 Å². The van der Waals surface area contributed by atoms with Crippen molar-refractivity contribution in [3.05, 3.63) is 84.4 Å². The van der Waals surface area contributed by atoms with Crippen LogP contribution < -0.4 is 13.3 Å². The van der Waals surface area contributed by atoms with Gasteiger partial charge >= 0.3 is 8.80 Å². The average Bonchev–Trinajstić information content (AvgIpc) is 2.95. The van der Waals surface area contributed by atoms with E-state index in [9.17, 15) is 5.11 Å². The fourth-order valence-corrected chi connectivity index (χ4v) is 5.27. The smallest absolute Gasteiger partial charge is 0.504 e. The van der Waals surface area contributed by atoms with Crippen molar-refractivity contribution in [2.45, 2.75) is 6.04 Å². The molecule has 1 aliphatic rings. The second-order valence-electron chi connectivity index (χ2n) is 5.57. The Balaban J connectivity index is 1.70. The van der Waals surface area contributed by atoms with Crippen molar-refractivity contribution < 1.29 is 18.4 Å². The van der Waals surface area contributed by atoms with Gasteiger partial charge in [0.15, 0.2) is 11.5 Å². The number of phenols is 1. The average molecular weight is 336 g/mol. The van der Waals surface area contributed by atoms with Gasteiger partial charge in [0.1, 0.15) is 11.5 Å². The molecule has 1 heterocycles. The minimum Gasteiger partial charge on any atom is -0.504 e. The Morgan fingerprint density at radius 2 is 1.33 bits per heavy atom. The summed E-state index contributed by atoms with van der Waals surface area (Å²) in [5.41, 5.74) is 1.06. The Labute approximate surface area is 141 Å². The zero-order valence-corrected chi connectivity index (χ0v) is 13.9. The van der Waals surface area contributed by atoms with Gasteiger partial charge in [-0.25, -0.2) is 0 Å². The number of aromatic hydroxyl groups is 1. The summed E-state index contributed by atoms with van der Waals surface area (Å²) in [6.45, 7) is 0. The number of phenolic OH excluding ortho intramolecular Hbond substituents is 1. The Bertz CT molecular complexity index is 826. The van der Waals surface area contributed by atoms with Gasteiger partial charge in [-0.1, -0.05) is 54.6 Å². The quantitative estimate of drug-likeness (QED) is 0.733. The van der Waals surface area contributed by atoms with Crippen LogP contribution in [-0.2, 0) is 6.04 Å². The van der Waals surface area contributed by atoms with Crippen LogP contribution in [0.1, 0.15) is 5.56 Å². The molecule has 5 heteroatoms. The Kier molecular flexibility index (Phi) is 3.63. The molecule has 4 rings (SSSR count). The van der Waals surface area contributed by atoms with Crippen LogP contribution in [0, 0.1) is 0 Å². The summed E-state index contributed by atoms with van der Waals surface area (Å²) in [7, 11) is -3.11. The third kappa shape index (κ3) is 2.81. The number of fused-ring (bicyclic) bond motifs is 1. The summed E-state index contributed by atoms with van der Waals surface area (Å²) >= 11 is 0. The molecule has 0 bridgehead atoms. The first kappa shape index (κ1) is 14.7. The van der Waals surface area contributed by atoms with E-state index in [1.54, 1.807) is 18.2 Å². The summed E-state index contributed by atoms with van der Waals surface area (Å²) in [4.78, 5) is 0. The van der Waals surface area contributed by atoms with E-state index in [4.69, 9.17) is 13.3 Å². The summed E-state index contributed by atoms with van der Waals surface area (Å²) in [6.07, 6.45) is 0. The molecule has 1 aliphatic heterocycles. The lowest BCUT2D eigenvalue weighted by molar-refractivity contribution is 0.292. The molecule has 24 heavy (non-hydrogen) atoms. The first-order chi connectivity index (χ1) is 11.7. The summed E-state index contributed by atoms with van der Waals surface area (Å²) in [5, 5.41) is 10.1. The molecule has 0 saturated heterocycles. The summed E-state index contributed by atoms with van der Waals surface area (Å²) in [5.74, 6) is 1.79. The van der Waals surface area contributed by atoms with Crippen molar-refractivity contribution in [3.8, 4) is 23.0 Å². The largest absolute Gasteiger partial charge is 0.704 e. The van der Waals surface area contributed by atoms with Gasteiger partial charge in [-0.15, -0.1) is 0 Å². The molecular weight excluding hydrogens is 320 g/mol. The maximum atomic E-state index is 10.1. The van der Waals surface area contributed by atoms with Crippen LogP contribution in [0.15, 0.2) is 78.9 Å². The van der Waals surface area contributed by atoms with Gasteiger partial charge in [0.2, 0.25) is 0 Å². The molecule has 120 valence electrons. The first-order valence-electron chi connectivity index (χ1n) is 7.72. The van der Waals surface area contributed by atoms with Crippen molar-refractivity contribution in [1.82, 2.24) is 0 Å². The molecule has 0 saturated carbocycles. The van der Waals surface area contributed by atoms with Gasteiger partial charge in [0.25, 0.3) is 0 Å². The van der Waals surface area contributed by atoms with E-state index < -0.39 is 8.80 Å². The van der Waals surface area contributed by atoms with Crippen LogP contribution in [0.2, 0.25) is 0 Å². The number of para-hydroxylation sites is 4. The minimum atomic E-state index is -3.11. The van der Waals surface area contributed by atoms with Gasteiger partial charge in [0, 0.05) is 0 Å². The number of benzene rings is 3. The van der Waals surface area contributed by atoms with E-state index in [2.05, 4.69) is 0 Å². The van der Waals surface area contributed by atoms with Crippen LogP contribution in [0.3, 0.4) is 0 Å². The topological polar surface area (TPSA) is 47.9 Å². The fourth-order valence-electron chi connectivity index (χ4n) is 2.68. The lowest BCUT2D eigenvalue weighted by Gasteiger charge is -2.23.